The Morgan fingerprint density at radius 2 is 1.82 bits per heavy atom. The van der Waals surface area contributed by atoms with Gasteiger partial charge in [0, 0.05) is 10.9 Å². The van der Waals surface area contributed by atoms with Crippen molar-refractivity contribution < 1.29 is 13.3 Å². The number of rotatable bonds is 5. The second-order valence-corrected chi connectivity index (χ2v) is 9.59. The lowest BCUT2D eigenvalue weighted by atomic mass is 9.91. The van der Waals surface area contributed by atoms with Crippen LogP contribution in [0.1, 0.15) is 22.6 Å². The number of nitrogens with zero attached hydrogens (tertiary/aromatic N) is 3. The van der Waals surface area contributed by atoms with Crippen LogP contribution in [0, 0.1) is 6.92 Å². The maximum atomic E-state index is 13.0. The summed E-state index contributed by atoms with van der Waals surface area (Å²) in [5.41, 5.74) is 6.11. The summed E-state index contributed by atoms with van der Waals surface area (Å²) >= 11 is 6.07. The van der Waals surface area contributed by atoms with Crippen LogP contribution in [0.4, 0.5) is 0 Å². The van der Waals surface area contributed by atoms with E-state index in [1.807, 2.05) is 55.5 Å². The second-order valence-electron chi connectivity index (χ2n) is 7.55. The molecule has 3 aromatic carbocycles. The predicted molar refractivity (Wildman–Crippen MR) is 130 cm³/mol. The highest BCUT2D eigenvalue weighted by Crippen LogP contribution is 2.29. The number of hydrogen-bond acceptors (Lipinski definition) is 4. The molecule has 1 unspecified atom stereocenters. The molecule has 0 saturated carbocycles. The predicted octanol–water partition coefficient (Wildman–Crippen LogP) is 4.35. The van der Waals surface area contributed by atoms with E-state index in [1.54, 1.807) is 24.3 Å². The monoisotopic (exact) mass is 482 g/mol. The summed E-state index contributed by atoms with van der Waals surface area (Å²) in [6.07, 6.45) is 0. The van der Waals surface area contributed by atoms with Gasteiger partial charge in [-0.25, -0.2) is 10.5 Å². The molecule has 7 nitrogen and oxygen atoms in total. The van der Waals surface area contributed by atoms with Crippen LogP contribution < -0.4 is 5.48 Å². The van der Waals surface area contributed by atoms with Gasteiger partial charge in [-0.05, 0) is 47.9 Å². The summed E-state index contributed by atoms with van der Waals surface area (Å²) in [6, 6.07) is 23.9. The standard InChI is InChI=1S/C24H23ClN4O3S/c1-17-7-6-10-21(15-17)33(30,31)28-24(27-32-2)29-16-22(18-8-4-3-5-9-18)23(26-29)19-11-13-20(25)14-12-19/h3-15,22H,16H2,1-2H3,(H,27,28). The Hall–Kier alpha value is -3.20. The second kappa shape index (κ2) is 9.74. The minimum atomic E-state index is -3.99. The summed E-state index contributed by atoms with van der Waals surface area (Å²) in [4.78, 5) is 5.14. The van der Waals surface area contributed by atoms with Crippen molar-refractivity contribution in [2.75, 3.05) is 13.7 Å². The van der Waals surface area contributed by atoms with E-state index in [2.05, 4.69) is 9.88 Å². The first-order valence-corrected chi connectivity index (χ1v) is 12.1. The SMILES string of the molecule is CONC(=NS(=O)(=O)c1cccc(C)c1)N1CC(c2ccccc2)C(c2ccc(Cl)cc2)=N1. The molecule has 0 saturated heterocycles. The molecule has 3 aromatic rings. The average molecular weight is 483 g/mol. The zero-order valence-corrected chi connectivity index (χ0v) is 19.7. The first-order chi connectivity index (χ1) is 15.9. The van der Waals surface area contributed by atoms with Crippen LogP contribution in [-0.4, -0.2) is 38.8 Å². The van der Waals surface area contributed by atoms with E-state index in [0.717, 1.165) is 22.4 Å². The van der Waals surface area contributed by atoms with Gasteiger partial charge in [-0.2, -0.15) is 13.5 Å². The van der Waals surface area contributed by atoms with E-state index in [9.17, 15) is 8.42 Å². The number of nitrogens with one attached hydrogen (secondary N) is 1. The van der Waals surface area contributed by atoms with E-state index in [-0.39, 0.29) is 16.8 Å². The summed E-state index contributed by atoms with van der Waals surface area (Å²) < 4.78 is 30.0. The lowest BCUT2D eigenvalue weighted by molar-refractivity contribution is 0.132. The molecule has 9 heteroatoms. The third-order valence-corrected chi connectivity index (χ3v) is 6.70. The Bertz CT molecular complexity index is 1290. The minimum absolute atomic E-state index is 0.0242. The number of hydroxylamine groups is 1. The Balaban J connectivity index is 1.76. The molecule has 1 atom stereocenters. The number of hydrazone groups is 1. The zero-order chi connectivity index (χ0) is 23.4. The molecule has 170 valence electrons. The lowest BCUT2D eigenvalue weighted by Crippen LogP contribution is -2.38. The van der Waals surface area contributed by atoms with E-state index in [1.165, 1.54) is 18.2 Å². The highest BCUT2D eigenvalue weighted by atomic mass is 35.5. The van der Waals surface area contributed by atoms with E-state index < -0.39 is 10.0 Å². The van der Waals surface area contributed by atoms with Crippen molar-refractivity contribution in [3.8, 4) is 0 Å². The molecule has 4 rings (SSSR count). The van der Waals surface area contributed by atoms with Gasteiger partial charge in [-0.15, -0.1) is 4.40 Å². The summed E-state index contributed by atoms with van der Waals surface area (Å²) in [5, 5.41) is 6.86. The molecule has 1 aliphatic rings. The Morgan fingerprint density at radius 3 is 2.48 bits per heavy atom. The number of guanidine groups is 1. The molecule has 0 radical (unpaired) electrons. The summed E-state index contributed by atoms with van der Waals surface area (Å²) in [5.74, 6) is -0.137. The topological polar surface area (TPSA) is 83.4 Å². The van der Waals surface area contributed by atoms with Gasteiger partial charge >= 0.3 is 0 Å². The molecule has 1 aliphatic heterocycles. The molecule has 1 N–H and O–H groups in total. The van der Waals surface area contributed by atoms with Crippen LogP contribution in [0.15, 0.2) is 93.3 Å². The molecular weight excluding hydrogens is 460 g/mol. The Labute approximate surface area is 198 Å². The average Bonchev–Trinajstić information content (AvgIpc) is 3.25. The number of hydrogen-bond donors (Lipinski definition) is 1. The fourth-order valence-electron chi connectivity index (χ4n) is 3.61. The number of halogens is 1. The van der Waals surface area contributed by atoms with E-state index in [0.29, 0.717) is 11.6 Å². The van der Waals surface area contributed by atoms with Gasteiger partial charge in [0.25, 0.3) is 16.0 Å². The maximum Gasteiger partial charge on any atom is 0.285 e. The third kappa shape index (κ3) is 5.24. The van der Waals surface area contributed by atoms with Crippen LogP contribution in [0.3, 0.4) is 0 Å². The Kier molecular flexibility index (Phi) is 6.78. The first-order valence-electron chi connectivity index (χ1n) is 10.2. The van der Waals surface area contributed by atoms with Crippen LogP contribution in [-0.2, 0) is 14.9 Å². The van der Waals surface area contributed by atoms with Crippen molar-refractivity contribution >= 4 is 33.3 Å². The van der Waals surface area contributed by atoms with Gasteiger partial charge < -0.3 is 0 Å². The smallest absolute Gasteiger partial charge is 0.277 e. The van der Waals surface area contributed by atoms with Crippen LogP contribution >= 0.6 is 11.6 Å². The highest BCUT2D eigenvalue weighted by Gasteiger charge is 2.32. The quantitative estimate of drug-likeness (QED) is 0.332. The molecule has 0 aromatic heterocycles. The van der Waals surface area contributed by atoms with Gasteiger partial charge in [0.15, 0.2) is 0 Å². The van der Waals surface area contributed by atoms with Crippen molar-refractivity contribution in [2.45, 2.75) is 17.7 Å². The van der Waals surface area contributed by atoms with Crippen molar-refractivity contribution in [1.29, 1.82) is 0 Å². The fraction of sp³-hybridized carbons (Fsp3) is 0.167. The highest BCUT2D eigenvalue weighted by molar-refractivity contribution is 7.90. The van der Waals surface area contributed by atoms with Crippen LogP contribution in [0.2, 0.25) is 5.02 Å². The van der Waals surface area contributed by atoms with Crippen molar-refractivity contribution in [3.05, 3.63) is 101 Å². The zero-order valence-electron chi connectivity index (χ0n) is 18.1. The summed E-state index contributed by atoms with van der Waals surface area (Å²) in [7, 11) is -2.60. The van der Waals surface area contributed by atoms with Gasteiger partial charge in [0.2, 0.25) is 0 Å². The molecule has 0 aliphatic carbocycles. The molecule has 0 amide bonds. The number of aryl methyl sites for hydroxylation is 1. The van der Waals surface area contributed by atoms with E-state index in [4.69, 9.17) is 21.5 Å². The normalized spacial score (nSPS) is 16.6. The van der Waals surface area contributed by atoms with E-state index >= 15 is 0 Å². The Morgan fingerprint density at radius 1 is 1.09 bits per heavy atom. The van der Waals surface area contributed by atoms with Crippen molar-refractivity contribution in [1.82, 2.24) is 10.5 Å². The largest absolute Gasteiger partial charge is 0.285 e. The van der Waals surface area contributed by atoms with Crippen LogP contribution in [0.5, 0.6) is 0 Å². The molecule has 0 spiro atoms. The van der Waals surface area contributed by atoms with Gasteiger partial charge in [-0.1, -0.05) is 66.2 Å². The van der Waals surface area contributed by atoms with Gasteiger partial charge in [-0.3, -0.25) is 4.84 Å². The van der Waals surface area contributed by atoms with Gasteiger partial charge in [0.05, 0.1) is 24.3 Å². The van der Waals surface area contributed by atoms with Gasteiger partial charge in [0.1, 0.15) is 0 Å². The fourth-order valence-corrected chi connectivity index (χ4v) is 4.79. The molecule has 33 heavy (non-hydrogen) atoms. The van der Waals surface area contributed by atoms with Crippen molar-refractivity contribution in [3.63, 3.8) is 0 Å². The minimum Gasteiger partial charge on any atom is -0.277 e. The molecular formula is C24H23ClN4O3S. The lowest BCUT2D eigenvalue weighted by Gasteiger charge is -2.18. The number of benzene rings is 3. The summed E-state index contributed by atoms with van der Waals surface area (Å²) in [6.45, 7) is 2.20. The van der Waals surface area contributed by atoms with Crippen LogP contribution in [0.25, 0.3) is 0 Å². The maximum absolute atomic E-state index is 13.0. The first kappa shape index (κ1) is 23.0. The molecule has 0 fully saturated rings. The van der Waals surface area contributed by atoms with Crippen molar-refractivity contribution in [2.24, 2.45) is 9.50 Å². The third-order valence-electron chi connectivity index (χ3n) is 5.19. The molecule has 1 heterocycles. The number of sulfonamides is 1. The molecule has 0 bridgehead atoms.